The molecule has 0 saturated heterocycles. The van der Waals surface area contributed by atoms with Gasteiger partial charge in [-0.25, -0.2) is 0 Å². The van der Waals surface area contributed by atoms with Crippen molar-refractivity contribution in [2.24, 2.45) is 0 Å². The first-order valence-corrected chi connectivity index (χ1v) is 5.30. The van der Waals surface area contributed by atoms with Crippen molar-refractivity contribution in [1.82, 2.24) is 5.32 Å². The number of aliphatic hydroxyl groups excluding tert-OH is 1. The van der Waals surface area contributed by atoms with Crippen LogP contribution in [-0.2, 0) is 6.54 Å². The Morgan fingerprint density at radius 1 is 1.40 bits per heavy atom. The van der Waals surface area contributed by atoms with E-state index in [-0.39, 0.29) is 12.6 Å². The maximum atomic E-state index is 9.75. The maximum absolute atomic E-state index is 9.75. The number of nitrogens with one attached hydrogen (secondary N) is 1. The molecule has 0 saturated carbocycles. The Hall–Kier alpha value is -1.06. The molecular weight excluding hydrogens is 190 g/mol. The molecule has 1 aromatic carbocycles. The lowest BCUT2D eigenvalue weighted by atomic mass is 10.1. The molecule has 84 valence electrons. The fourth-order valence-electron chi connectivity index (χ4n) is 1.45. The second-order valence-corrected chi connectivity index (χ2v) is 3.75. The lowest BCUT2D eigenvalue weighted by Crippen LogP contribution is -2.31. The van der Waals surface area contributed by atoms with Crippen LogP contribution in [0.25, 0.3) is 0 Å². The standard InChI is InChI=1S/C12H19NO2/c1-3-11(8-14)13-7-10-6-4-5-9(2)12(10)15/h4-6,11,13-15H,3,7-8H2,1-2H3/t11-/m0/s1. The number of hydrogen-bond acceptors (Lipinski definition) is 3. The van der Waals surface area contributed by atoms with Crippen molar-refractivity contribution in [2.75, 3.05) is 6.61 Å². The zero-order valence-electron chi connectivity index (χ0n) is 9.33. The van der Waals surface area contributed by atoms with E-state index in [1.807, 2.05) is 32.0 Å². The molecule has 0 aliphatic rings. The number of rotatable bonds is 5. The summed E-state index contributed by atoms with van der Waals surface area (Å²) in [5.74, 6) is 0.345. The smallest absolute Gasteiger partial charge is 0.122 e. The number of phenols is 1. The number of aryl methyl sites for hydroxylation is 1. The second-order valence-electron chi connectivity index (χ2n) is 3.75. The van der Waals surface area contributed by atoms with Crippen molar-refractivity contribution in [3.8, 4) is 5.75 Å². The molecular formula is C12H19NO2. The molecule has 0 unspecified atom stereocenters. The molecule has 0 aliphatic carbocycles. The molecule has 0 spiro atoms. The normalized spacial score (nSPS) is 12.7. The van der Waals surface area contributed by atoms with Crippen LogP contribution in [0.4, 0.5) is 0 Å². The van der Waals surface area contributed by atoms with E-state index in [2.05, 4.69) is 5.32 Å². The third-order valence-electron chi connectivity index (χ3n) is 2.62. The Bertz CT molecular complexity index is 308. The van der Waals surface area contributed by atoms with Gasteiger partial charge in [-0.2, -0.15) is 0 Å². The van der Waals surface area contributed by atoms with E-state index < -0.39 is 0 Å². The van der Waals surface area contributed by atoms with Gasteiger partial charge < -0.3 is 15.5 Å². The SMILES string of the molecule is CC[C@@H](CO)NCc1cccc(C)c1O. The topological polar surface area (TPSA) is 52.5 Å². The predicted molar refractivity (Wildman–Crippen MR) is 60.8 cm³/mol. The van der Waals surface area contributed by atoms with Gasteiger partial charge in [-0.3, -0.25) is 0 Å². The molecule has 0 aliphatic heterocycles. The van der Waals surface area contributed by atoms with E-state index in [1.54, 1.807) is 0 Å². The molecule has 1 aromatic rings. The van der Waals surface area contributed by atoms with Crippen LogP contribution < -0.4 is 5.32 Å². The molecule has 15 heavy (non-hydrogen) atoms. The van der Waals surface area contributed by atoms with Crippen molar-refractivity contribution in [1.29, 1.82) is 0 Å². The molecule has 0 bridgehead atoms. The summed E-state index contributed by atoms with van der Waals surface area (Å²) in [7, 11) is 0. The average Bonchev–Trinajstić information content (AvgIpc) is 2.25. The quantitative estimate of drug-likeness (QED) is 0.690. The van der Waals surface area contributed by atoms with Crippen molar-refractivity contribution >= 4 is 0 Å². The number of aliphatic hydroxyl groups is 1. The van der Waals surface area contributed by atoms with Gasteiger partial charge in [0.1, 0.15) is 5.75 Å². The van der Waals surface area contributed by atoms with Gasteiger partial charge in [-0.15, -0.1) is 0 Å². The van der Waals surface area contributed by atoms with Crippen molar-refractivity contribution in [3.05, 3.63) is 29.3 Å². The van der Waals surface area contributed by atoms with E-state index in [4.69, 9.17) is 5.11 Å². The predicted octanol–water partition coefficient (Wildman–Crippen LogP) is 1.56. The number of benzene rings is 1. The molecule has 0 heterocycles. The van der Waals surface area contributed by atoms with Crippen LogP contribution in [0.15, 0.2) is 18.2 Å². The average molecular weight is 209 g/mol. The van der Waals surface area contributed by atoms with Crippen LogP contribution in [0, 0.1) is 6.92 Å². The van der Waals surface area contributed by atoms with Crippen LogP contribution in [0.1, 0.15) is 24.5 Å². The maximum Gasteiger partial charge on any atom is 0.122 e. The summed E-state index contributed by atoms with van der Waals surface area (Å²) >= 11 is 0. The van der Waals surface area contributed by atoms with Crippen molar-refractivity contribution in [3.63, 3.8) is 0 Å². The second kappa shape index (κ2) is 5.73. The lowest BCUT2D eigenvalue weighted by molar-refractivity contribution is 0.238. The van der Waals surface area contributed by atoms with Crippen LogP contribution in [0.3, 0.4) is 0 Å². The molecule has 0 amide bonds. The van der Waals surface area contributed by atoms with Crippen LogP contribution in [0.2, 0.25) is 0 Å². The Morgan fingerprint density at radius 3 is 2.73 bits per heavy atom. The molecule has 1 atom stereocenters. The van der Waals surface area contributed by atoms with Gasteiger partial charge >= 0.3 is 0 Å². The first-order valence-electron chi connectivity index (χ1n) is 5.30. The van der Waals surface area contributed by atoms with Crippen LogP contribution in [-0.4, -0.2) is 22.9 Å². The molecule has 3 nitrogen and oxygen atoms in total. The van der Waals surface area contributed by atoms with Gasteiger partial charge in [0.2, 0.25) is 0 Å². The monoisotopic (exact) mass is 209 g/mol. The summed E-state index contributed by atoms with van der Waals surface area (Å²) < 4.78 is 0. The fraction of sp³-hybridized carbons (Fsp3) is 0.500. The lowest BCUT2D eigenvalue weighted by Gasteiger charge is -2.15. The number of phenolic OH excluding ortho intramolecular Hbond substituents is 1. The van der Waals surface area contributed by atoms with E-state index in [9.17, 15) is 5.11 Å². The molecule has 0 fully saturated rings. The Morgan fingerprint density at radius 2 is 2.13 bits per heavy atom. The highest BCUT2D eigenvalue weighted by molar-refractivity contribution is 5.39. The molecule has 1 rings (SSSR count). The molecule has 3 heteroatoms. The van der Waals surface area contributed by atoms with Gasteiger partial charge in [0.25, 0.3) is 0 Å². The first kappa shape index (κ1) is 12.0. The van der Waals surface area contributed by atoms with E-state index in [0.717, 1.165) is 17.5 Å². The fourth-order valence-corrected chi connectivity index (χ4v) is 1.45. The van der Waals surface area contributed by atoms with Gasteiger partial charge in [-0.05, 0) is 18.9 Å². The van der Waals surface area contributed by atoms with Gasteiger partial charge in [0.15, 0.2) is 0 Å². The van der Waals surface area contributed by atoms with Gasteiger partial charge in [-0.1, -0.05) is 25.1 Å². The molecule has 3 N–H and O–H groups in total. The third-order valence-corrected chi connectivity index (χ3v) is 2.62. The largest absolute Gasteiger partial charge is 0.507 e. The number of aromatic hydroxyl groups is 1. The minimum absolute atomic E-state index is 0.102. The Labute approximate surface area is 90.8 Å². The van der Waals surface area contributed by atoms with Crippen molar-refractivity contribution < 1.29 is 10.2 Å². The van der Waals surface area contributed by atoms with E-state index in [1.165, 1.54) is 0 Å². The highest BCUT2D eigenvalue weighted by Gasteiger charge is 2.06. The molecule has 0 aromatic heterocycles. The zero-order valence-corrected chi connectivity index (χ0v) is 9.33. The minimum atomic E-state index is 0.102. The summed E-state index contributed by atoms with van der Waals surface area (Å²) in [4.78, 5) is 0. The highest BCUT2D eigenvalue weighted by atomic mass is 16.3. The van der Waals surface area contributed by atoms with E-state index in [0.29, 0.717) is 12.3 Å². The minimum Gasteiger partial charge on any atom is -0.507 e. The highest BCUT2D eigenvalue weighted by Crippen LogP contribution is 2.21. The number of para-hydroxylation sites is 1. The van der Waals surface area contributed by atoms with Crippen LogP contribution in [0.5, 0.6) is 5.75 Å². The van der Waals surface area contributed by atoms with Gasteiger partial charge in [0, 0.05) is 18.2 Å². The number of hydrogen-bond donors (Lipinski definition) is 3. The summed E-state index contributed by atoms with van der Waals surface area (Å²) in [6, 6.07) is 5.79. The molecule has 0 radical (unpaired) electrons. The van der Waals surface area contributed by atoms with Crippen LogP contribution >= 0.6 is 0 Å². The summed E-state index contributed by atoms with van der Waals surface area (Å²) in [5, 5.41) is 21.9. The first-order chi connectivity index (χ1) is 7.19. The van der Waals surface area contributed by atoms with Crippen molar-refractivity contribution in [2.45, 2.75) is 32.9 Å². The third kappa shape index (κ3) is 3.22. The zero-order chi connectivity index (χ0) is 11.3. The summed E-state index contributed by atoms with van der Waals surface area (Å²) in [6.45, 7) is 4.61. The summed E-state index contributed by atoms with van der Waals surface area (Å²) in [5.41, 5.74) is 1.76. The summed E-state index contributed by atoms with van der Waals surface area (Å²) in [6.07, 6.45) is 0.878. The van der Waals surface area contributed by atoms with Gasteiger partial charge in [0.05, 0.1) is 6.61 Å². The Kier molecular flexibility index (Phi) is 4.59. The van der Waals surface area contributed by atoms with E-state index >= 15 is 0 Å². The Balaban J connectivity index is 2.61.